The summed E-state index contributed by atoms with van der Waals surface area (Å²) in [5, 5.41) is 13.6. The predicted octanol–water partition coefficient (Wildman–Crippen LogP) is 8.94. The van der Waals surface area contributed by atoms with Gasteiger partial charge in [-0.15, -0.1) is 0 Å². The molecule has 0 heterocycles. The molecule has 0 aliphatic heterocycles. The zero-order valence-corrected chi connectivity index (χ0v) is 31.9. The van der Waals surface area contributed by atoms with Crippen LogP contribution in [-0.4, -0.2) is 68.5 Å². The second kappa shape index (κ2) is 30.8. The SMILES string of the molecule is CCCCCCCC/C=C\C/C=C\CCC(=O)NC(COP(=O)([O-])OCC[N+](C)(C)C)C(O)/C=C/CCCCCCCCCCCC. The average Bonchev–Trinajstić information content (AvgIpc) is 3.01. The molecule has 1 amide bonds. The van der Waals surface area contributed by atoms with Gasteiger partial charge in [-0.1, -0.05) is 140 Å². The number of carbonyl (C=O) groups excluding carboxylic acids is 1. The van der Waals surface area contributed by atoms with Crippen LogP contribution in [0.15, 0.2) is 36.5 Å². The summed E-state index contributed by atoms with van der Waals surface area (Å²) < 4.78 is 23.0. The van der Waals surface area contributed by atoms with Gasteiger partial charge in [0.25, 0.3) is 7.82 Å². The lowest BCUT2D eigenvalue weighted by Crippen LogP contribution is -2.45. The number of amides is 1. The summed E-state index contributed by atoms with van der Waals surface area (Å²) in [5.41, 5.74) is 0. The van der Waals surface area contributed by atoms with E-state index < -0.39 is 26.6 Å². The van der Waals surface area contributed by atoms with Crippen LogP contribution < -0.4 is 10.2 Å². The number of nitrogens with one attached hydrogen (secondary N) is 1. The summed E-state index contributed by atoms with van der Waals surface area (Å²) in [5.74, 6) is -0.268. The van der Waals surface area contributed by atoms with Crippen molar-refractivity contribution in [3.8, 4) is 0 Å². The van der Waals surface area contributed by atoms with Crippen LogP contribution >= 0.6 is 7.82 Å². The molecule has 0 bridgehead atoms. The van der Waals surface area contributed by atoms with Crippen LogP contribution in [0.1, 0.15) is 149 Å². The molecule has 0 aromatic rings. The first kappa shape index (κ1) is 45.7. The second-order valence-corrected chi connectivity index (χ2v) is 15.3. The molecular formula is C38H73N2O6P. The van der Waals surface area contributed by atoms with E-state index in [0.717, 1.165) is 32.1 Å². The Balaban J connectivity index is 4.66. The number of hydrogen-bond acceptors (Lipinski definition) is 6. The summed E-state index contributed by atoms with van der Waals surface area (Å²) >= 11 is 0. The molecule has 0 fully saturated rings. The number of carbonyl (C=O) groups is 1. The molecule has 0 rings (SSSR count). The maximum atomic E-state index is 12.7. The minimum atomic E-state index is -4.59. The average molecular weight is 685 g/mol. The van der Waals surface area contributed by atoms with Crippen molar-refractivity contribution < 1.29 is 32.9 Å². The van der Waals surface area contributed by atoms with E-state index in [4.69, 9.17) is 9.05 Å². The van der Waals surface area contributed by atoms with E-state index >= 15 is 0 Å². The first-order valence-electron chi connectivity index (χ1n) is 18.9. The number of aliphatic hydroxyl groups excluding tert-OH is 1. The van der Waals surface area contributed by atoms with Crippen molar-refractivity contribution in [2.75, 3.05) is 40.9 Å². The number of phosphoric ester groups is 1. The molecular weight excluding hydrogens is 611 g/mol. The van der Waals surface area contributed by atoms with Crippen molar-refractivity contribution in [2.24, 2.45) is 0 Å². The number of hydrogen-bond donors (Lipinski definition) is 2. The third kappa shape index (κ3) is 33.0. The third-order valence-corrected chi connectivity index (χ3v) is 9.07. The molecule has 2 N–H and O–H groups in total. The second-order valence-electron chi connectivity index (χ2n) is 13.9. The van der Waals surface area contributed by atoms with Crippen LogP contribution in [-0.2, 0) is 18.4 Å². The van der Waals surface area contributed by atoms with E-state index in [1.54, 1.807) is 6.08 Å². The van der Waals surface area contributed by atoms with Crippen LogP contribution in [0.3, 0.4) is 0 Å². The van der Waals surface area contributed by atoms with Gasteiger partial charge < -0.3 is 28.8 Å². The van der Waals surface area contributed by atoms with Crippen LogP contribution in [0, 0.1) is 0 Å². The van der Waals surface area contributed by atoms with Crippen molar-refractivity contribution >= 4 is 13.7 Å². The van der Waals surface area contributed by atoms with Gasteiger partial charge >= 0.3 is 0 Å². The van der Waals surface area contributed by atoms with E-state index in [0.29, 0.717) is 17.4 Å². The molecule has 9 heteroatoms. The highest BCUT2D eigenvalue weighted by Crippen LogP contribution is 2.38. The Morgan fingerprint density at radius 2 is 1.23 bits per heavy atom. The maximum absolute atomic E-state index is 12.7. The lowest BCUT2D eigenvalue weighted by atomic mass is 10.1. The fourth-order valence-corrected chi connectivity index (χ4v) is 5.75. The molecule has 0 aromatic heterocycles. The standard InChI is InChI=1S/C38H73N2O6P/c1-6-8-10-12-14-16-18-20-22-24-26-28-30-32-38(42)39-36(35-46-47(43,44)45-34-33-40(3,4)5)37(41)31-29-27-25-23-21-19-17-15-13-11-9-7-2/h20,22,26,28-29,31,36-37,41H,6-19,21,23-25,27,30,32-35H2,1-5H3,(H-,39,42,43,44)/b22-20-,28-26-,31-29+. The van der Waals surface area contributed by atoms with Crippen LogP contribution in [0.25, 0.3) is 0 Å². The summed E-state index contributed by atoms with van der Waals surface area (Å²) in [6, 6.07) is -0.912. The molecule has 0 aliphatic rings. The highest BCUT2D eigenvalue weighted by molar-refractivity contribution is 7.45. The van der Waals surface area contributed by atoms with Crippen LogP contribution in [0.4, 0.5) is 0 Å². The fourth-order valence-electron chi connectivity index (χ4n) is 5.02. The van der Waals surface area contributed by atoms with Gasteiger partial charge in [0, 0.05) is 6.42 Å². The largest absolute Gasteiger partial charge is 0.756 e. The molecule has 0 aliphatic carbocycles. The van der Waals surface area contributed by atoms with Gasteiger partial charge in [-0.05, 0) is 38.5 Å². The van der Waals surface area contributed by atoms with Crippen molar-refractivity contribution in [1.82, 2.24) is 5.32 Å². The molecule has 0 saturated heterocycles. The van der Waals surface area contributed by atoms with Crippen LogP contribution in [0.5, 0.6) is 0 Å². The number of aliphatic hydroxyl groups is 1. The summed E-state index contributed by atoms with van der Waals surface area (Å²) in [7, 11) is 1.22. The van der Waals surface area contributed by atoms with Gasteiger partial charge in [-0.25, -0.2) is 0 Å². The van der Waals surface area contributed by atoms with Gasteiger partial charge in [-0.3, -0.25) is 9.36 Å². The minimum absolute atomic E-state index is 0.0107. The van der Waals surface area contributed by atoms with Gasteiger partial charge in [-0.2, -0.15) is 0 Å². The summed E-state index contributed by atoms with van der Waals surface area (Å²) in [6.07, 6.45) is 34.8. The predicted molar refractivity (Wildman–Crippen MR) is 196 cm³/mol. The molecule has 276 valence electrons. The highest BCUT2D eigenvalue weighted by Gasteiger charge is 2.23. The Morgan fingerprint density at radius 3 is 1.77 bits per heavy atom. The third-order valence-electron chi connectivity index (χ3n) is 8.11. The van der Waals surface area contributed by atoms with E-state index in [1.807, 2.05) is 33.3 Å². The quantitative estimate of drug-likeness (QED) is 0.0309. The van der Waals surface area contributed by atoms with Gasteiger partial charge in [0.1, 0.15) is 13.2 Å². The lowest BCUT2D eigenvalue weighted by molar-refractivity contribution is -0.870. The van der Waals surface area contributed by atoms with Crippen molar-refractivity contribution in [1.29, 1.82) is 0 Å². The maximum Gasteiger partial charge on any atom is 0.268 e. The van der Waals surface area contributed by atoms with E-state index in [2.05, 4.69) is 37.4 Å². The number of nitrogens with zero attached hydrogens (tertiary/aromatic N) is 1. The zero-order valence-electron chi connectivity index (χ0n) is 31.0. The zero-order chi connectivity index (χ0) is 35.1. The van der Waals surface area contributed by atoms with E-state index in [9.17, 15) is 19.4 Å². The number of likely N-dealkylation sites (N-methyl/N-ethyl adjacent to an activating group) is 1. The Morgan fingerprint density at radius 1 is 0.745 bits per heavy atom. The molecule has 3 atom stereocenters. The molecule has 0 saturated carbocycles. The summed E-state index contributed by atoms with van der Waals surface area (Å²) in [6.45, 7) is 4.55. The van der Waals surface area contributed by atoms with E-state index in [-0.39, 0.29) is 18.9 Å². The number of rotatable bonds is 33. The molecule has 0 radical (unpaired) electrons. The van der Waals surface area contributed by atoms with E-state index in [1.165, 1.54) is 89.9 Å². The fraction of sp³-hybridized carbons (Fsp3) is 0.816. The molecule has 0 spiro atoms. The molecule has 3 unspecified atom stereocenters. The van der Waals surface area contributed by atoms with Crippen molar-refractivity contribution in [2.45, 2.75) is 161 Å². The summed E-state index contributed by atoms with van der Waals surface area (Å²) in [4.78, 5) is 25.1. The molecule has 0 aromatic carbocycles. The minimum Gasteiger partial charge on any atom is -0.756 e. The smallest absolute Gasteiger partial charge is 0.268 e. The number of quaternary nitrogens is 1. The molecule has 47 heavy (non-hydrogen) atoms. The molecule has 8 nitrogen and oxygen atoms in total. The Hall–Kier alpha value is -1.28. The van der Waals surface area contributed by atoms with Gasteiger partial charge in [0.15, 0.2) is 0 Å². The lowest BCUT2D eigenvalue weighted by Gasteiger charge is -2.29. The Kier molecular flexibility index (Phi) is 29.9. The Labute approximate surface area is 289 Å². The van der Waals surface area contributed by atoms with Gasteiger partial charge in [0.05, 0.1) is 39.9 Å². The Bertz CT molecular complexity index is 871. The first-order valence-corrected chi connectivity index (χ1v) is 20.3. The number of unbranched alkanes of at least 4 members (excludes halogenated alkanes) is 16. The normalized spacial score (nSPS) is 15.1. The first-order chi connectivity index (χ1) is 22.5. The monoisotopic (exact) mass is 685 g/mol. The number of allylic oxidation sites excluding steroid dienone is 5. The van der Waals surface area contributed by atoms with Crippen LogP contribution in [0.2, 0.25) is 0 Å². The van der Waals surface area contributed by atoms with Crippen molar-refractivity contribution in [3.05, 3.63) is 36.5 Å². The van der Waals surface area contributed by atoms with Crippen molar-refractivity contribution in [3.63, 3.8) is 0 Å². The highest BCUT2D eigenvalue weighted by atomic mass is 31.2. The number of phosphoric acid groups is 1. The van der Waals surface area contributed by atoms with Gasteiger partial charge in [0.2, 0.25) is 5.91 Å². The topological polar surface area (TPSA) is 108 Å².